The Balaban J connectivity index is 0.633. The number of piperazine rings is 1. The summed E-state index contributed by atoms with van der Waals surface area (Å²) in [5.41, 5.74) is 2.77. The third-order valence-corrected chi connectivity index (χ3v) is 25.9. The van der Waals surface area contributed by atoms with Crippen LogP contribution in [0.3, 0.4) is 0 Å². The summed E-state index contributed by atoms with van der Waals surface area (Å²) in [6, 6.07) is 31.2. The number of aromatic nitrogens is 4. The van der Waals surface area contributed by atoms with Crippen molar-refractivity contribution in [3.63, 3.8) is 0 Å². The van der Waals surface area contributed by atoms with Crippen LogP contribution in [-0.2, 0) is 56.9 Å². The minimum Gasteiger partial charge on any atom is -0.391 e. The van der Waals surface area contributed by atoms with E-state index in [-0.39, 0.29) is 54.8 Å². The molecule has 7 aromatic rings. The van der Waals surface area contributed by atoms with Crippen LogP contribution in [0.2, 0.25) is 5.02 Å². The van der Waals surface area contributed by atoms with Gasteiger partial charge >= 0.3 is 5.51 Å². The minimum atomic E-state index is -6.11. The van der Waals surface area contributed by atoms with Crippen molar-refractivity contribution < 1.29 is 63.8 Å². The van der Waals surface area contributed by atoms with E-state index in [0.717, 1.165) is 75.8 Å². The van der Waals surface area contributed by atoms with E-state index in [0.29, 0.717) is 120 Å². The molecule has 5 heterocycles. The lowest BCUT2D eigenvalue weighted by molar-refractivity contribution is -0.144. The van der Waals surface area contributed by atoms with Crippen molar-refractivity contribution in [2.75, 3.05) is 94.7 Å². The molecular formula is C79H98ClF3N12O11S4. The van der Waals surface area contributed by atoms with Crippen molar-refractivity contribution in [1.82, 2.24) is 50.0 Å². The summed E-state index contributed by atoms with van der Waals surface area (Å²) >= 11 is 9.38. The lowest BCUT2D eigenvalue weighted by Gasteiger charge is -2.40. The van der Waals surface area contributed by atoms with Crippen LogP contribution in [0.25, 0.3) is 16.0 Å². The zero-order valence-electron chi connectivity index (χ0n) is 62.8. The zero-order valence-corrected chi connectivity index (χ0v) is 66.8. The largest absolute Gasteiger partial charge is 0.501 e. The van der Waals surface area contributed by atoms with E-state index in [4.69, 9.17) is 21.1 Å². The number of thioether (sulfide) groups is 1. The third kappa shape index (κ3) is 21.9. The number of ether oxygens (including phenoxy) is 2. The molecule has 11 rings (SSSR count). The Kier molecular flexibility index (Phi) is 27.8. The Labute approximate surface area is 655 Å². The van der Waals surface area contributed by atoms with Gasteiger partial charge in [-0.1, -0.05) is 111 Å². The van der Waals surface area contributed by atoms with Crippen LogP contribution in [0.15, 0.2) is 153 Å². The van der Waals surface area contributed by atoms with Crippen molar-refractivity contribution in [1.29, 1.82) is 0 Å². The van der Waals surface area contributed by atoms with Crippen LogP contribution in [0.5, 0.6) is 0 Å². The number of amides is 4. The van der Waals surface area contributed by atoms with Gasteiger partial charge in [0.1, 0.15) is 22.7 Å². The number of likely N-dealkylation sites (tertiary alicyclic amines) is 1. The smallest absolute Gasteiger partial charge is 0.391 e. The topological polar surface area (TPSA) is 280 Å². The number of aryl methyl sites for hydroxylation is 1. The van der Waals surface area contributed by atoms with Gasteiger partial charge in [0.2, 0.25) is 17.7 Å². The highest BCUT2D eigenvalue weighted by Crippen LogP contribution is 2.45. The van der Waals surface area contributed by atoms with Crippen LogP contribution in [0.1, 0.15) is 131 Å². The molecule has 23 nitrogen and oxygen atoms in total. The molecule has 0 radical (unpaired) electrons. The number of carbonyl (C=O) groups excluding carboxylic acids is 4. The molecule has 5 aromatic carbocycles. The molecule has 31 heteroatoms. The number of hydrogen-bond acceptors (Lipinski definition) is 20. The summed E-state index contributed by atoms with van der Waals surface area (Å²) in [5.74, 6) is -1.79. The standard InChI is InChI=1S/C79H98ClF3N12O11S4/c1-53(55-16-18-57(19-17-55)72-54(2)84-52-108-72)85-75(99)69-43-64(96)48-95(69)76(100)73(77(3,4)5)87-71(97)15-11-8-12-40-106-49-62-47-94(90-88-62)51-78(6)32-30-67(56-20-24-60(80)25-21-56)59(45-78)46-92-34-36-93(37-35-92)63-26-22-58(23-27-63)74(98)89-110(103,104)66-28-29-68(70(44-66)109(101,102)79(81,82)83)86-61(31-33-91-38-41-105-42-39-91)50-107-65-13-9-7-10-14-65/h7,9-10,13-14,16-29,44,47,52-53,61,64,69,73,86,96H,8,11-12,15,30-43,45-46,48-51H2,1-6H3,(H,85,99)(H,87,97)(H,89,98)/t53-,61+,64+,69-,73+,78?/m0/s1. The van der Waals surface area contributed by atoms with E-state index in [1.54, 1.807) is 23.5 Å². The second kappa shape index (κ2) is 36.8. The van der Waals surface area contributed by atoms with E-state index in [1.165, 1.54) is 39.9 Å². The van der Waals surface area contributed by atoms with Gasteiger partial charge in [-0.05, 0) is 152 Å². The number of halogens is 4. The number of alkyl halides is 3. The fourth-order valence-electron chi connectivity index (χ4n) is 14.5. The molecule has 4 amide bonds. The number of carbonyl (C=O) groups is 4. The van der Waals surface area contributed by atoms with Gasteiger partial charge in [-0.15, -0.1) is 28.2 Å². The number of thiazole rings is 1. The number of nitrogens with zero attached hydrogens (tertiary/aromatic N) is 8. The summed E-state index contributed by atoms with van der Waals surface area (Å²) in [4.78, 5) is 67.5. The summed E-state index contributed by atoms with van der Waals surface area (Å²) in [7, 11) is -11.0. The molecule has 3 saturated heterocycles. The van der Waals surface area contributed by atoms with Gasteiger partial charge < -0.3 is 40.3 Å². The second-order valence-corrected chi connectivity index (χ2v) is 36.3. The normalized spacial score (nSPS) is 19.3. The average Bonchev–Trinajstić information content (AvgIpc) is 1.22. The Bertz CT molecular complexity index is 4580. The molecule has 0 saturated carbocycles. The Hall–Kier alpha value is -7.78. The van der Waals surface area contributed by atoms with Crippen LogP contribution < -0.4 is 25.6 Å². The van der Waals surface area contributed by atoms with E-state index in [9.17, 15) is 54.3 Å². The maximum atomic E-state index is 14.4. The molecule has 1 aliphatic carbocycles. The number of benzene rings is 5. The SMILES string of the molecule is Cc1ncsc1-c1ccc([C@H](C)NC(=O)[C@@H]2C[C@@H](O)CN2C(=O)[C@@H](NC(=O)CCCCCOCc2cn(CC3(C)CCC(c4ccc(Cl)cc4)=C(CN4CCN(c5ccc(C(=O)NS(=O)(=O)c6ccc(N[C@H](CCN7CCOCC7)CSc7ccccc7)c(S(=O)(=O)C(F)(F)F)c6)cc5)CC4)C3)nn2)C(C)(C)C)cc1. The maximum absolute atomic E-state index is 14.4. The van der Waals surface area contributed by atoms with Gasteiger partial charge in [0, 0.05) is 118 Å². The lowest BCUT2D eigenvalue weighted by Crippen LogP contribution is -2.57. The second-order valence-electron chi connectivity index (χ2n) is 30.3. The fourth-order valence-corrected chi connectivity index (χ4v) is 18.4. The van der Waals surface area contributed by atoms with Gasteiger partial charge in [0.25, 0.3) is 25.8 Å². The molecule has 110 heavy (non-hydrogen) atoms. The summed E-state index contributed by atoms with van der Waals surface area (Å²) in [6.07, 6.45) is 6.22. The number of anilines is 2. The third-order valence-electron chi connectivity index (χ3n) is 20.7. The number of morpholine rings is 1. The monoisotopic (exact) mass is 1610 g/mol. The van der Waals surface area contributed by atoms with Gasteiger partial charge in [0.15, 0.2) is 0 Å². The Morgan fingerprint density at radius 2 is 1.56 bits per heavy atom. The molecule has 0 bridgehead atoms. The molecule has 592 valence electrons. The molecule has 1 unspecified atom stereocenters. The number of allylic oxidation sites excluding steroid dienone is 1. The number of aliphatic hydroxyl groups excluding tert-OH is 1. The van der Waals surface area contributed by atoms with E-state index >= 15 is 0 Å². The number of rotatable bonds is 32. The first-order valence-electron chi connectivity index (χ1n) is 37.3. The van der Waals surface area contributed by atoms with Crippen molar-refractivity contribution >= 4 is 95.1 Å². The highest BCUT2D eigenvalue weighted by atomic mass is 35.5. The molecule has 0 spiro atoms. The number of aliphatic hydroxyl groups is 1. The predicted octanol–water partition coefficient (Wildman–Crippen LogP) is 12.0. The minimum absolute atomic E-state index is 0.0225. The molecule has 3 aliphatic heterocycles. The number of sulfonamides is 1. The van der Waals surface area contributed by atoms with Crippen molar-refractivity contribution in [3.8, 4) is 10.4 Å². The molecule has 2 aromatic heterocycles. The highest BCUT2D eigenvalue weighted by molar-refractivity contribution is 7.99. The highest BCUT2D eigenvalue weighted by Gasteiger charge is 2.49. The predicted molar refractivity (Wildman–Crippen MR) is 421 cm³/mol. The Morgan fingerprint density at radius 1 is 0.855 bits per heavy atom. The van der Waals surface area contributed by atoms with E-state index in [1.807, 2.05) is 122 Å². The number of β-amino-alcohol motifs (C(OH)–C–C–N with tert-alkyl or cyclic N) is 1. The van der Waals surface area contributed by atoms with Gasteiger partial charge in [-0.3, -0.25) is 33.7 Å². The number of nitrogens with one attached hydrogen (secondary N) is 4. The quantitative estimate of drug-likeness (QED) is 0.0193. The molecule has 6 atom stereocenters. The van der Waals surface area contributed by atoms with Crippen LogP contribution in [0.4, 0.5) is 24.5 Å². The first-order valence-corrected chi connectivity index (χ1v) is 42.5. The van der Waals surface area contributed by atoms with E-state index < -0.39 is 82.3 Å². The van der Waals surface area contributed by atoms with Gasteiger partial charge in [-0.2, -0.15) is 13.2 Å². The molecule has 4 aliphatic rings. The summed E-state index contributed by atoms with van der Waals surface area (Å²) < 4.78 is 113. The summed E-state index contributed by atoms with van der Waals surface area (Å²) in [5, 5.41) is 29.4. The number of sulfone groups is 1. The average molecular weight is 1610 g/mol. The van der Waals surface area contributed by atoms with Crippen LogP contribution in [-0.4, -0.2) is 194 Å². The zero-order chi connectivity index (χ0) is 78.5. The Morgan fingerprint density at radius 3 is 2.25 bits per heavy atom. The summed E-state index contributed by atoms with van der Waals surface area (Å²) in [6.45, 7) is 19.3. The molecular weight excluding hydrogens is 1510 g/mol. The van der Waals surface area contributed by atoms with Crippen molar-refractivity contribution in [2.24, 2.45) is 10.8 Å². The molecule has 3 fully saturated rings. The molecule has 5 N–H and O–H groups in total. The first-order chi connectivity index (χ1) is 52.4. The van der Waals surface area contributed by atoms with E-state index in [2.05, 4.69) is 65.0 Å². The van der Waals surface area contributed by atoms with Crippen molar-refractivity contribution in [3.05, 3.63) is 172 Å². The van der Waals surface area contributed by atoms with Crippen molar-refractivity contribution in [2.45, 2.75) is 163 Å². The number of hydrogen-bond donors (Lipinski definition) is 5. The van der Waals surface area contributed by atoms with Gasteiger partial charge in [-0.25, -0.2) is 26.5 Å². The fraction of sp³-hybridized carbons (Fsp3) is 0.481. The van der Waals surface area contributed by atoms with Gasteiger partial charge in [0.05, 0.1) is 64.8 Å². The first kappa shape index (κ1) is 83.2. The number of unbranched alkanes of at least 4 members (excludes halogenated alkanes) is 2. The maximum Gasteiger partial charge on any atom is 0.501 e. The van der Waals surface area contributed by atoms with Crippen LogP contribution in [0, 0.1) is 17.8 Å². The lowest BCUT2D eigenvalue weighted by atomic mass is 9.71. The van der Waals surface area contributed by atoms with Crippen LogP contribution >= 0.6 is 34.7 Å².